The summed E-state index contributed by atoms with van der Waals surface area (Å²) >= 11 is 0. The van der Waals surface area contributed by atoms with Gasteiger partial charge in [0.05, 0.1) is 0 Å². The van der Waals surface area contributed by atoms with Crippen molar-refractivity contribution in [2.45, 2.75) is 53.6 Å². The Hall–Kier alpha value is 0.430. The van der Waals surface area contributed by atoms with Gasteiger partial charge in [0.1, 0.15) is 0 Å². The fourth-order valence-electron chi connectivity index (χ4n) is 1.32. The summed E-state index contributed by atoms with van der Waals surface area (Å²) in [5.41, 5.74) is 1.43. The molecule has 1 heteroatoms. The number of rotatable bonds is 4. The summed E-state index contributed by atoms with van der Waals surface area (Å²) in [6.07, 6.45) is 2.76. The fraction of sp³-hybridized carbons (Fsp3) is 1.00. The molecule has 0 aromatic heterocycles. The van der Waals surface area contributed by atoms with E-state index in [9.17, 15) is 0 Å². The van der Waals surface area contributed by atoms with E-state index in [1.54, 1.807) is 0 Å². The molecule has 0 aliphatic heterocycles. The Morgan fingerprint density at radius 2 is 1.67 bits per heavy atom. The fourth-order valence-corrected chi connectivity index (χ4v) is 2.53. The lowest BCUT2D eigenvalue weighted by Crippen LogP contribution is -2.20. The number of hydrogen-bond acceptors (Lipinski definition) is 0. The Bertz CT molecular complexity index is 113. The molecule has 0 aromatic rings. The molecule has 0 saturated carbocycles. The lowest BCUT2D eigenvalue weighted by atomic mass is 9.79. The van der Waals surface area contributed by atoms with Gasteiger partial charge in [0.15, 0.2) is 0 Å². The predicted octanol–water partition coefficient (Wildman–Crippen LogP) is 4.15. The lowest BCUT2D eigenvalue weighted by molar-refractivity contribution is 0.247. The van der Waals surface area contributed by atoms with E-state index in [0.717, 1.165) is 20.2 Å². The van der Waals surface area contributed by atoms with Crippen LogP contribution < -0.4 is 0 Å². The Kier molecular flexibility index (Phi) is 5.41. The maximum Gasteiger partial charge on any atom is -0.0262 e. The molecule has 0 bridgehead atoms. The number of hydrogen-bond donors (Lipinski definition) is 0. The second-order valence-corrected chi connectivity index (χ2v) is 7.06. The average molecular weight is 188 g/mol. The maximum absolute atomic E-state index is 2.39. The summed E-state index contributed by atoms with van der Waals surface area (Å²) in [6, 6.07) is 0. The molecule has 0 aliphatic rings. The highest BCUT2D eigenvalue weighted by Gasteiger charge is 2.21. The van der Waals surface area contributed by atoms with Crippen LogP contribution in [0.3, 0.4) is 0 Å². The van der Waals surface area contributed by atoms with Crippen LogP contribution in [0.25, 0.3) is 0 Å². The molecule has 0 aromatic carbocycles. The van der Waals surface area contributed by atoms with Gasteiger partial charge in [-0.2, -0.15) is 0 Å². The minimum atomic E-state index is 0.493. The van der Waals surface area contributed by atoms with Crippen LogP contribution in [0.5, 0.6) is 0 Å². The molecule has 3 unspecified atom stereocenters. The van der Waals surface area contributed by atoms with Crippen molar-refractivity contribution >= 4 is 8.58 Å². The maximum atomic E-state index is 2.39. The summed E-state index contributed by atoms with van der Waals surface area (Å²) in [5, 5.41) is 0. The first-order chi connectivity index (χ1) is 5.38. The van der Waals surface area contributed by atoms with Gasteiger partial charge in [0.25, 0.3) is 0 Å². The second-order valence-electron chi connectivity index (χ2n) is 4.96. The average Bonchev–Trinajstić information content (AvgIpc) is 1.85. The monoisotopic (exact) mass is 188 g/mol. The van der Waals surface area contributed by atoms with Crippen molar-refractivity contribution in [2.24, 2.45) is 11.3 Å². The molecular formula is C11H25P. The van der Waals surface area contributed by atoms with Gasteiger partial charge in [-0.05, 0) is 29.6 Å². The Morgan fingerprint density at radius 3 is 2.00 bits per heavy atom. The van der Waals surface area contributed by atoms with Gasteiger partial charge in [-0.25, -0.2) is 0 Å². The topological polar surface area (TPSA) is 0 Å². The van der Waals surface area contributed by atoms with Crippen LogP contribution in [0, 0.1) is 11.3 Å². The van der Waals surface area contributed by atoms with Crippen LogP contribution >= 0.6 is 8.58 Å². The van der Waals surface area contributed by atoms with E-state index < -0.39 is 0 Å². The van der Waals surface area contributed by atoms with E-state index in [4.69, 9.17) is 0 Å². The molecule has 0 aliphatic carbocycles. The van der Waals surface area contributed by atoms with Gasteiger partial charge in [0, 0.05) is 0 Å². The van der Waals surface area contributed by atoms with Crippen molar-refractivity contribution in [1.82, 2.24) is 0 Å². The third-order valence-electron chi connectivity index (χ3n) is 2.74. The predicted molar refractivity (Wildman–Crippen MR) is 61.6 cm³/mol. The van der Waals surface area contributed by atoms with Crippen molar-refractivity contribution < 1.29 is 0 Å². The summed E-state index contributed by atoms with van der Waals surface area (Å²) < 4.78 is 0. The van der Waals surface area contributed by atoms with Crippen LogP contribution in [-0.2, 0) is 0 Å². The highest BCUT2D eigenvalue weighted by molar-refractivity contribution is 7.38. The molecule has 0 radical (unpaired) electrons. The van der Waals surface area contributed by atoms with Gasteiger partial charge in [0.2, 0.25) is 0 Å². The first-order valence-electron chi connectivity index (χ1n) is 5.11. The third kappa shape index (κ3) is 5.14. The van der Waals surface area contributed by atoms with Crippen molar-refractivity contribution in [3.63, 3.8) is 0 Å². The molecule has 12 heavy (non-hydrogen) atoms. The third-order valence-corrected chi connectivity index (χ3v) is 4.08. The van der Waals surface area contributed by atoms with Crippen LogP contribution in [0.2, 0.25) is 0 Å². The quantitative estimate of drug-likeness (QED) is 0.581. The van der Waals surface area contributed by atoms with E-state index in [1.165, 1.54) is 12.6 Å². The van der Waals surface area contributed by atoms with Gasteiger partial charge >= 0.3 is 0 Å². The normalized spacial score (nSPS) is 18.5. The smallest absolute Gasteiger partial charge is 0.0262 e. The largest absolute Gasteiger partial charge is 0.119 e. The van der Waals surface area contributed by atoms with Gasteiger partial charge < -0.3 is 0 Å². The Balaban J connectivity index is 3.76. The lowest BCUT2D eigenvalue weighted by Gasteiger charge is -2.29. The molecule has 0 spiro atoms. The minimum absolute atomic E-state index is 0.493. The highest BCUT2D eigenvalue weighted by Crippen LogP contribution is 2.33. The molecule has 0 nitrogen and oxygen atoms in total. The Labute approximate surface area is 80.3 Å². The molecular weight excluding hydrogens is 163 g/mol. The summed E-state index contributed by atoms with van der Waals surface area (Å²) in [7, 11) is 1.16. The van der Waals surface area contributed by atoms with Crippen LogP contribution in [0.15, 0.2) is 0 Å². The molecule has 0 fully saturated rings. The van der Waals surface area contributed by atoms with E-state index >= 15 is 0 Å². The summed E-state index contributed by atoms with van der Waals surface area (Å²) in [5.74, 6) is 0.853. The summed E-state index contributed by atoms with van der Waals surface area (Å²) in [4.78, 5) is 0. The van der Waals surface area contributed by atoms with Gasteiger partial charge in [-0.1, -0.05) is 41.5 Å². The molecule has 74 valence electrons. The van der Waals surface area contributed by atoms with Gasteiger partial charge in [-0.15, -0.1) is 8.58 Å². The summed E-state index contributed by atoms with van der Waals surface area (Å²) in [6.45, 7) is 14.1. The van der Waals surface area contributed by atoms with Gasteiger partial charge in [-0.3, -0.25) is 0 Å². The molecule has 0 saturated heterocycles. The molecule has 3 atom stereocenters. The zero-order valence-electron chi connectivity index (χ0n) is 9.57. The molecule has 0 heterocycles. The van der Waals surface area contributed by atoms with Crippen LogP contribution in [-0.4, -0.2) is 11.8 Å². The zero-order chi connectivity index (χ0) is 9.78. The van der Waals surface area contributed by atoms with Crippen LogP contribution in [0.4, 0.5) is 0 Å². The highest BCUT2D eigenvalue weighted by atomic mass is 31.1. The zero-order valence-corrected chi connectivity index (χ0v) is 10.6. The van der Waals surface area contributed by atoms with E-state index in [0.29, 0.717) is 5.41 Å². The Morgan fingerprint density at radius 1 is 1.17 bits per heavy atom. The SMILES string of the molecule is CCPC(C)CC(C)C(C)(C)C. The van der Waals surface area contributed by atoms with Crippen molar-refractivity contribution in [3.05, 3.63) is 0 Å². The van der Waals surface area contributed by atoms with E-state index in [2.05, 4.69) is 41.5 Å². The van der Waals surface area contributed by atoms with Crippen molar-refractivity contribution in [1.29, 1.82) is 0 Å². The van der Waals surface area contributed by atoms with Crippen molar-refractivity contribution in [2.75, 3.05) is 6.16 Å². The van der Waals surface area contributed by atoms with Crippen LogP contribution in [0.1, 0.15) is 48.0 Å². The minimum Gasteiger partial charge on any atom is -0.119 e. The first-order valence-corrected chi connectivity index (χ1v) is 6.39. The van der Waals surface area contributed by atoms with E-state index in [1.807, 2.05) is 0 Å². The standard InChI is InChI=1S/C11H25P/c1-7-12-10(3)8-9(2)11(4,5)6/h9-10,12H,7-8H2,1-6H3. The second kappa shape index (κ2) is 5.22. The van der Waals surface area contributed by atoms with E-state index in [-0.39, 0.29) is 0 Å². The molecule has 0 N–H and O–H groups in total. The molecule has 0 amide bonds. The first kappa shape index (κ1) is 12.4. The van der Waals surface area contributed by atoms with Crippen molar-refractivity contribution in [3.8, 4) is 0 Å². The molecule has 0 rings (SSSR count).